The number of aliphatic carboxylic acids is 1. The summed E-state index contributed by atoms with van der Waals surface area (Å²) in [7, 11) is 0. The van der Waals surface area contributed by atoms with E-state index < -0.39 is 11.9 Å². The first-order valence-corrected chi connectivity index (χ1v) is 9.46. The van der Waals surface area contributed by atoms with E-state index in [-0.39, 0.29) is 12.2 Å². The Morgan fingerprint density at radius 1 is 1.07 bits per heavy atom. The zero-order valence-corrected chi connectivity index (χ0v) is 15.1. The number of aryl methyl sites for hydroxylation is 3. The van der Waals surface area contributed by atoms with Gasteiger partial charge in [-0.05, 0) is 37.3 Å². The molecule has 0 amide bonds. The molecule has 0 radical (unpaired) electrons. The summed E-state index contributed by atoms with van der Waals surface area (Å²) < 4.78 is 5.89. The molecule has 1 N–H and O–H groups in total. The number of ketones is 1. The largest absolute Gasteiger partial charge is 0.481 e. The van der Waals surface area contributed by atoms with E-state index in [2.05, 4.69) is 0 Å². The highest BCUT2D eigenvalue weighted by atomic mass is 16.4. The molecule has 1 aromatic heterocycles. The topological polar surface area (TPSA) is 67.5 Å². The second-order valence-electron chi connectivity index (χ2n) is 7.26. The Kier molecular flexibility index (Phi) is 4.80. The molecule has 3 aromatic rings. The van der Waals surface area contributed by atoms with E-state index in [4.69, 9.17) is 4.42 Å². The van der Waals surface area contributed by atoms with E-state index in [0.717, 1.165) is 41.6 Å². The van der Waals surface area contributed by atoms with Gasteiger partial charge in [0.15, 0.2) is 5.78 Å². The van der Waals surface area contributed by atoms with Crippen molar-refractivity contribution in [2.24, 2.45) is 5.92 Å². The number of hydrogen-bond donors (Lipinski definition) is 1. The molecule has 1 aliphatic carbocycles. The minimum absolute atomic E-state index is 0.00803. The fraction of sp³-hybridized carbons (Fsp3) is 0.304. The Labute approximate surface area is 157 Å². The first kappa shape index (κ1) is 17.5. The molecule has 138 valence electrons. The van der Waals surface area contributed by atoms with Crippen LogP contribution in [0.3, 0.4) is 0 Å². The maximum atomic E-state index is 12.7. The molecule has 4 heteroatoms. The van der Waals surface area contributed by atoms with E-state index in [1.807, 2.05) is 36.4 Å². The van der Waals surface area contributed by atoms with Crippen LogP contribution in [-0.4, -0.2) is 16.9 Å². The van der Waals surface area contributed by atoms with Crippen LogP contribution in [0.15, 0.2) is 52.9 Å². The summed E-state index contributed by atoms with van der Waals surface area (Å²) in [5.41, 5.74) is 3.61. The SMILES string of the molecule is O=C(CC(CCc1ccccc1)C(=O)O)c1ccc2c3c(oc2c1)CCC3. The van der Waals surface area contributed by atoms with Crippen LogP contribution in [0, 0.1) is 5.92 Å². The lowest BCUT2D eigenvalue weighted by atomic mass is 9.92. The number of hydrogen-bond acceptors (Lipinski definition) is 3. The van der Waals surface area contributed by atoms with Gasteiger partial charge in [-0.15, -0.1) is 0 Å². The predicted octanol–water partition coefficient (Wildman–Crippen LogP) is 4.83. The van der Waals surface area contributed by atoms with Crippen molar-refractivity contribution in [1.29, 1.82) is 0 Å². The van der Waals surface area contributed by atoms with Crippen molar-refractivity contribution in [3.05, 3.63) is 71.0 Å². The molecule has 1 heterocycles. The summed E-state index contributed by atoms with van der Waals surface area (Å²) in [6.07, 6.45) is 4.20. The van der Waals surface area contributed by atoms with Crippen LogP contribution in [0.5, 0.6) is 0 Å². The van der Waals surface area contributed by atoms with Gasteiger partial charge in [-0.2, -0.15) is 0 Å². The molecule has 1 aliphatic rings. The second-order valence-corrected chi connectivity index (χ2v) is 7.26. The Morgan fingerprint density at radius 3 is 2.67 bits per heavy atom. The van der Waals surface area contributed by atoms with Crippen molar-refractivity contribution in [2.75, 3.05) is 0 Å². The second kappa shape index (κ2) is 7.39. The van der Waals surface area contributed by atoms with Gasteiger partial charge in [0.25, 0.3) is 0 Å². The number of Topliss-reactive ketones (excluding diaryl/α,β-unsaturated/α-hetero) is 1. The average Bonchev–Trinajstić information content (AvgIpc) is 3.26. The molecule has 0 spiro atoms. The zero-order valence-electron chi connectivity index (χ0n) is 15.1. The van der Waals surface area contributed by atoms with E-state index >= 15 is 0 Å². The maximum Gasteiger partial charge on any atom is 0.306 e. The van der Waals surface area contributed by atoms with Crippen LogP contribution < -0.4 is 0 Å². The Bertz CT molecular complexity index is 984. The molecule has 0 bridgehead atoms. The van der Waals surface area contributed by atoms with Gasteiger partial charge in [0, 0.05) is 29.4 Å². The lowest BCUT2D eigenvalue weighted by molar-refractivity contribution is -0.141. The minimum atomic E-state index is -0.919. The number of carbonyl (C=O) groups is 2. The molecule has 0 fully saturated rings. The highest BCUT2D eigenvalue weighted by molar-refractivity contribution is 6.01. The smallest absolute Gasteiger partial charge is 0.306 e. The maximum absolute atomic E-state index is 12.7. The molecule has 4 rings (SSSR count). The molecular formula is C23H22O4. The van der Waals surface area contributed by atoms with Crippen LogP contribution >= 0.6 is 0 Å². The summed E-state index contributed by atoms with van der Waals surface area (Å²) in [5.74, 6) is -0.720. The standard InChI is InChI=1S/C23H22O4/c24-20(13-17(23(25)26)10-9-15-5-2-1-3-6-15)16-11-12-19-18-7-4-8-21(18)27-22(19)14-16/h1-3,5-6,11-12,14,17H,4,7-10,13H2,(H,25,26). The summed E-state index contributed by atoms with van der Waals surface area (Å²) in [5, 5.41) is 10.6. The molecule has 2 aromatic carbocycles. The van der Waals surface area contributed by atoms with Gasteiger partial charge in [-0.25, -0.2) is 0 Å². The summed E-state index contributed by atoms with van der Waals surface area (Å²) in [6.45, 7) is 0. The van der Waals surface area contributed by atoms with Gasteiger partial charge < -0.3 is 9.52 Å². The molecule has 0 saturated carbocycles. The van der Waals surface area contributed by atoms with Gasteiger partial charge >= 0.3 is 5.97 Å². The van der Waals surface area contributed by atoms with Crippen LogP contribution in [0.2, 0.25) is 0 Å². The van der Waals surface area contributed by atoms with Gasteiger partial charge in [-0.3, -0.25) is 9.59 Å². The quantitative estimate of drug-likeness (QED) is 0.612. The van der Waals surface area contributed by atoms with Crippen molar-refractivity contribution in [1.82, 2.24) is 0 Å². The van der Waals surface area contributed by atoms with Crippen molar-refractivity contribution in [3.8, 4) is 0 Å². The molecule has 1 unspecified atom stereocenters. The molecule has 4 nitrogen and oxygen atoms in total. The first-order valence-electron chi connectivity index (χ1n) is 9.46. The molecule has 0 aliphatic heterocycles. The van der Waals surface area contributed by atoms with Crippen LogP contribution in [0.25, 0.3) is 11.0 Å². The molecule has 27 heavy (non-hydrogen) atoms. The van der Waals surface area contributed by atoms with Crippen molar-refractivity contribution < 1.29 is 19.1 Å². The zero-order chi connectivity index (χ0) is 18.8. The molecular weight excluding hydrogens is 340 g/mol. The van der Waals surface area contributed by atoms with Gasteiger partial charge in [0.2, 0.25) is 0 Å². The van der Waals surface area contributed by atoms with Crippen molar-refractivity contribution in [2.45, 2.75) is 38.5 Å². The number of carboxylic acids is 1. The first-order chi connectivity index (χ1) is 13.1. The number of benzene rings is 2. The fourth-order valence-corrected chi connectivity index (χ4v) is 3.92. The summed E-state index contributed by atoms with van der Waals surface area (Å²) in [4.78, 5) is 24.3. The van der Waals surface area contributed by atoms with E-state index in [9.17, 15) is 14.7 Å². The van der Waals surface area contributed by atoms with Crippen molar-refractivity contribution >= 4 is 22.7 Å². The van der Waals surface area contributed by atoms with Crippen LogP contribution in [-0.2, 0) is 24.1 Å². The third kappa shape index (κ3) is 3.65. The van der Waals surface area contributed by atoms with Gasteiger partial charge in [0.05, 0.1) is 5.92 Å². The summed E-state index contributed by atoms with van der Waals surface area (Å²) >= 11 is 0. The fourth-order valence-electron chi connectivity index (χ4n) is 3.92. The van der Waals surface area contributed by atoms with Crippen molar-refractivity contribution in [3.63, 3.8) is 0 Å². The summed E-state index contributed by atoms with van der Waals surface area (Å²) in [6, 6.07) is 15.3. The van der Waals surface area contributed by atoms with E-state index in [0.29, 0.717) is 18.4 Å². The highest BCUT2D eigenvalue weighted by Crippen LogP contribution is 2.33. The number of fused-ring (bicyclic) bond motifs is 3. The number of furan rings is 1. The minimum Gasteiger partial charge on any atom is -0.481 e. The lowest BCUT2D eigenvalue weighted by Gasteiger charge is -2.12. The third-order valence-corrected chi connectivity index (χ3v) is 5.43. The lowest BCUT2D eigenvalue weighted by Crippen LogP contribution is -2.19. The van der Waals surface area contributed by atoms with E-state index in [1.54, 1.807) is 12.1 Å². The third-order valence-electron chi connectivity index (χ3n) is 5.43. The number of carboxylic acid groups (broad SMARTS) is 1. The van der Waals surface area contributed by atoms with Crippen LogP contribution in [0.4, 0.5) is 0 Å². The van der Waals surface area contributed by atoms with Gasteiger partial charge in [0.1, 0.15) is 11.3 Å². The predicted molar refractivity (Wildman–Crippen MR) is 103 cm³/mol. The number of rotatable bonds is 7. The Morgan fingerprint density at radius 2 is 1.89 bits per heavy atom. The van der Waals surface area contributed by atoms with E-state index in [1.165, 1.54) is 5.56 Å². The van der Waals surface area contributed by atoms with Gasteiger partial charge in [-0.1, -0.05) is 42.5 Å². The normalized spacial score (nSPS) is 14.2. The molecule has 0 saturated heterocycles. The Hall–Kier alpha value is -2.88. The molecule has 1 atom stereocenters. The Balaban J connectivity index is 1.47. The van der Waals surface area contributed by atoms with Crippen LogP contribution in [0.1, 0.15) is 46.5 Å². The highest BCUT2D eigenvalue weighted by Gasteiger charge is 2.24. The average molecular weight is 362 g/mol. The monoisotopic (exact) mass is 362 g/mol. The number of carbonyl (C=O) groups excluding carboxylic acids is 1.